The minimum atomic E-state index is -0.158. The number of aryl methyl sites for hydroxylation is 1. The van der Waals surface area contributed by atoms with Crippen molar-refractivity contribution in [3.05, 3.63) is 59.7 Å². The molecule has 0 bridgehead atoms. The van der Waals surface area contributed by atoms with Crippen molar-refractivity contribution in [1.29, 1.82) is 0 Å². The molecule has 0 saturated heterocycles. The molecule has 0 saturated carbocycles. The van der Waals surface area contributed by atoms with Gasteiger partial charge in [-0.3, -0.25) is 4.79 Å². The first-order valence-corrected chi connectivity index (χ1v) is 9.80. The van der Waals surface area contributed by atoms with Crippen LogP contribution in [-0.4, -0.2) is 27.4 Å². The molecule has 3 rings (SSSR count). The minimum absolute atomic E-state index is 0.122. The molecule has 3 aromatic rings. The first-order chi connectivity index (χ1) is 12.8. The fraction of sp³-hybridized carbons (Fsp3) is 0.286. The number of thioether (sulfide) groups is 1. The Balaban J connectivity index is 1.53. The van der Waals surface area contributed by atoms with Crippen LogP contribution < -0.4 is 5.43 Å². The number of rotatable bonds is 5. The Labute approximate surface area is 163 Å². The van der Waals surface area contributed by atoms with Crippen molar-refractivity contribution in [3.8, 4) is 0 Å². The number of benzene rings is 2. The Morgan fingerprint density at radius 1 is 1.19 bits per heavy atom. The minimum Gasteiger partial charge on any atom is -0.322 e. The van der Waals surface area contributed by atoms with E-state index < -0.39 is 0 Å². The second kappa shape index (κ2) is 7.96. The summed E-state index contributed by atoms with van der Waals surface area (Å²) in [6, 6.07) is 16.1. The lowest BCUT2D eigenvalue weighted by atomic mass is 9.87. The first kappa shape index (κ1) is 19.2. The van der Waals surface area contributed by atoms with E-state index in [4.69, 9.17) is 0 Å². The lowest BCUT2D eigenvalue weighted by Crippen LogP contribution is -2.19. The summed E-state index contributed by atoms with van der Waals surface area (Å²) in [6.45, 7) is 6.54. The van der Waals surface area contributed by atoms with Gasteiger partial charge < -0.3 is 4.57 Å². The van der Waals surface area contributed by atoms with E-state index in [1.165, 1.54) is 17.3 Å². The maximum Gasteiger partial charge on any atom is 0.250 e. The average Bonchev–Trinajstić information content (AvgIpc) is 2.96. The Hall–Kier alpha value is -2.60. The normalized spacial score (nSPS) is 12.0. The van der Waals surface area contributed by atoms with E-state index in [1.54, 1.807) is 6.21 Å². The van der Waals surface area contributed by atoms with Crippen LogP contribution in [0.2, 0.25) is 0 Å². The molecular formula is C21H24N4OS. The molecule has 0 atom stereocenters. The Morgan fingerprint density at radius 2 is 1.89 bits per heavy atom. The third-order valence-corrected chi connectivity index (χ3v) is 5.29. The molecule has 1 aromatic heterocycles. The summed E-state index contributed by atoms with van der Waals surface area (Å²) in [5.41, 5.74) is 6.89. The van der Waals surface area contributed by atoms with Crippen molar-refractivity contribution in [2.75, 3.05) is 5.75 Å². The zero-order chi connectivity index (χ0) is 19.4. The van der Waals surface area contributed by atoms with E-state index in [0.29, 0.717) is 0 Å². The first-order valence-electron chi connectivity index (χ1n) is 8.81. The number of para-hydroxylation sites is 2. The van der Waals surface area contributed by atoms with Crippen molar-refractivity contribution >= 4 is 34.9 Å². The lowest BCUT2D eigenvalue weighted by Gasteiger charge is -2.18. The monoisotopic (exact) mass is 380 g/mol. The van der Waals surface area contributed by atoms with Crippen LogP contribution in [0, 0.1) is 0 Å². The van der Waals surface area contributed by atoms with E-state index in [2.05, 4.69) is 48.4 Å². The van der Waals surface area contributed by atoms with Crippen LogP contribution in [0.5, 0.6) is 0 Å². The molecule has 140 valence electrons. The predicted molar refractivity (Wildman–Crippen MR) is 112 cm³/mol. The van der Waals surface area contributed by atoms with Gasteiger partial charge in [-0.05, 0) is 28.7 Å². The van der Waals surface area contributed by atoms with Gasteiger partial charge in [-0.15, -0.1) is 0 Å². The molecule has 0 radical (unpaired) electrons. The number of carbonyl (C=O) groups is 1. The van der Waals surface area contributed by atoms with E-state index in [0.717, 1.165) is 21.8 Å². The molecule has 0 spiro atoms. The van der Waals surface area contributed by atoms with Gasteiger partial charge in [-0.1, -0.05) is 68.9 Å². The standard InChI is InChI=1S/C21H24N4OS/c1-21(2,3)16-11-9-15(10-12-16)13-22-24-19(26)14-27-20-23-17-7-5-6-8-18(17)25(20)4/h5-13H,14H2,1-4H3,(H,24,26)/b22-13-. The van der Waals surface area contributed by atoms with E-state index in [-0.39, 0.29) is 17.1 Å². The Kier molecular flexibility index (Phi) is 5.65. The third-order valence-electron chi connectivity index (χ3n) is 4.26. The number of carbonyl (C=O) groups excluding carboxylic acids is 1. The zero-order valence-electron chi connectivity index (χ0n) is 16.1. The maximum atomic E-state index is 12.0. The zero-order valence-corrected chi connectivity index (χ0v) is 16.9. The number of aromatic nitrogens is 2. The molecule has 0 aliphatic rings. The van der Waals surface area contributed by atoms with Crippen LogP contribution in [0.15, 0.2) is 58.8 Å². The van der Waals surface area contributed by atoms with Gasteiger partial charge in [0.05, 0.1) is 23.0 Å². The maximum absolute atomic E-state index is 12.0. The number of nitrogens with one attached hydrogen (secondary N) is 1. The summed E-state index contributed by atoms with van der Waals surface area (Å²) < 4.78 is 1.99. The fourth-order valence-electron chi connectivity index (χ4n) is 2.66. The molecule has 0 aliphatic carbocycles. The summed E-state index contributed by atoms with van der Waals surface area (Å²) in [4.78, 5) is 16.6. The summed E-state index contributed by atoms with van der Waals surface area (Å²) in [7, 11) is 1.95. The van der Waals surface area contributed by atoms with Crippen molar-refractivity contribution in [2.24, 2.45) is 12.1 Å². The van der Waals surface area contributed by atoms with Gasteiger partial charge in [-0.2, -0.15) is 5.10 Å². The van der Waals surface area contributed by atoms with Gasteiger partial charge in [0.1, 0.15) is 0 Å². The van der Waals surface area contributed by atoms with Crippen molar-refractivity contribution < 1.29 is 4.79 Å². The molecule has 0 fully saturated rings. The molecule has 6 heteroatoms. The molecule has 1 amide bonds. The SMILES string of the molecule is Cn1c(SCC(=O)N/N=C\c2ccc(C(C)(C)C)cc2)nc2ccccc21. The van der Waals surface area contributed by atoms with Crippen molar-refractivity contribution in [2.45, 2.75) is 31.3 Å². The smallest absolute Gasteiger partial charge is 0.250 e. The van der Waals surface area contributed by atoms with Crippen LogP contribution in [0.25, 0.3) is 11.0 Å². The second-order valence-corrected chi connectivity index (χ2v) is 8.34. The second-order valence-electron chi connectivity index (χ2n) is 7.40. The van der Waals surface area contributed by atoms with Gasteiger partial charge in [0.15, 0.2) is 5.16 Å². The molecule has 27 heavy (non-hydrogen) atoms. The van der Waals surface area contributed by atoms with Gasteiger partial charge in [-0.25, -0.2) is 10.4 Å². The summed E-state index contributed by atoms with van der Waals surface area (Å²) >= 11 is 1.40. The summed E-state index contributed by atoms with van der Waals surface area (Å²) in [5, 5.41) is 4.86. The van der Waals surface area contributed by atoms with Gasteiger partial charge in [0.25, 0.3) is 5.91 Å². The van der Waals surface area contributed by atoms with Crippen molar-refractivity contribution in [3.63, 3.8) is 0 Å². The fourth-order valence-corrected chi connectivity index (χ4v) is 3.44. The molecule has 0 aliphatic heterocycles. The number of hydrazone groups is 1. The number of hydrogen-bond donors (Lipinski definition) is 1. The number of amides is 1. The number of hydrogen-bond acceptors (Lipinski definition) is 4. The third kappa shape index (κ3) is 4.77. The van der Waals surface area contributed by atoms with Crippen LogP contribution in [0.4, 0.5) is 0 Å². The van der Waals surface area contributed by atoms with Gasteiger partial charge in [0.2, 0.25) is 0 Å². The molecule has 1 N–H and O–H groups in total. The van der Waals surface area contributed by atoms with Crippen LogP contribution in [-0.2, 0) is 17.3 Å². The summed E-state index contributed by atoms with van der Waals surface area (Å²) in [5.74, 6) is 0.104. The molecule has 5 nitrogen and oxygen atoms in total. The van der Waals surface area contributed by atoms with Crippen LogP contribution in [0.3, 0.4) is 0 Å². The number of fused-ring (bicyclic) bond motifs is 1. The molecular weight excluding hydrogens is 356 g/mol. The number of nitrogens with zero attached hydrogens (tertiary/aromatic N) is 3. The Morgan fingerprint density at radius 3 is 2.56 bits per heavy atom. The molecule has 2 aromatic carbocycles. The van der Waals surface area contributed by atoms with E-state index >= 15 is 0 Å². The van der Waals surface area contributed by atoms with Crippen LogP contribution in [0.1, 0.15) is 31.9 Å². The highest BCUT2D eigenvalue weighted by Gasteiger charge is 2.12. The lowest BCUT2D eigenvalue weighted by molar-refractivity contribution is -0.118. The summed E-state index contributed by atoms with van der Waals surface area (Å²) in [6.07, 6.45) is 1.66. The molecule has 1 heterocycles. The quantitative estimate of drug-likeness (QED) is 0.412. The van der Waals surface area contributed by atoms with E-state index in [9.17, 15) is 4.79 Å². The highest BCUT2D eigenvalue weighted by molar-refractivity contribution is 7.99. The van der Waals surface area contributed by atoms with Gasteiger partial charge >= 0.3 is 0 Å². The Bertz CT molecular complexity index is 968. The van der Waals surface area contributed by atoms with Crippen molar-refractivity contribution in [1.82, 2.24) is 15.0 Å². The highest BCUT2D eigenvalue weighted by atomic mass is 32.2. The molecule has 0 unspecified atom stereocenters. The largest absolute Gasteiger partial charge is 0.322 e. The van der Waals surface area contributed by atoms with E-state index in [1.807, 2.05) is 48.0 Å². The van der Waals surface area contributed by atoms with Gasteiger partial charge in [0, 0.05) is 7.05 Å². The highest BCUT2D eigenvalue weighted by Crippen LogP contribution is 2.23. The topological polar surface area (TPSA) is 59.3 Å². The number of imidazole rings is 1. The van der Waals surface area contributed by atoms with Crippen LogP contribution >= 0.6 is 11.8 Å². The predicted octanol–water partition coefficient (Wildman–Crippen LogP) is 4.11. The average molecular weight is 381 g/mol.